The number of carbonyl (C=O) groups excluding carboxylic acids is 1. The molecule has 36 heavy (non-hydrogen) atoms. The summed E-state index contributed by atoms with van der Waals surface area (Å²) >= 11 is 3.42. The minimum atomic E-state index is -1.51. The lowest BCUT2D eigenvalue weighted by molar-refractivity contribution is -0.383. The molecule has 0 bridgehead atoms. The molecule has 0 saturated carbocycles. The first-order valence-corrected chi connectivity index (χ1v) is 12.1. The Labute approximate surface area is 212 Å². The maximum Gasteiger partial charge on any atom is 0.355 e. The van der Waals surface area contributed by atoms with E-state index in [1.54, 1.807) is 54.0 Å². The Hall–Kier alpha value is -4.05. The van der Waals surface area contributed by atoms with Crippen LogP contribution in [-0.4, -0.2) is 20.4 Å². The number of halogens is 1. The SMILES string of the molecule is CC[C@@]1(Oc2cccc(Br)c2)C(=O)OCc2c1cc1n(c2=O)Cc2cc3c([N+](=O)[O-])cccc3nc2-1. The summed E-state index contributed by atoms with van der Waals surface area (Å²) in [5, 5.41) is 11.9. The molecule has 6 rings (SSSR count). The minimum absolute atomic E-state index is 0.0446. The maximum atomic E-state index is 13.6. The molecule has 0 fully saturated rings. The second-order valence-electron chi connectivity index (χ2n) is 8.73. The van der Waals surface area contributed by atoms with Gasteiger partial charge in [-0.15, -0.1) is 0 Å². The summed E-state index contributed by atoms with van der Waals surface area (Å²) in [6, 6.07) is 15.3. The Morgan fingerprint density at radius 1 is 1.19 bits per heavy atom. The number of aromatic nitrogens is 2. The van der Waals surface area contributed by atoms with E-state index < -0.39 is 16.5 Å². The highest BCUT2D eigenvalue weighted by Crippen LogP contribution is 2.42. The highest BCUT2D eigenvalue weighted by molar-refractivity contribution is 9.10. The van der Waals surface area contributed by atoms with Gasteiger partial charge in [0, 0.05) is 21.7 Å². The van der Waals surface area contributed by atoms with E-state index in [1.807, 2.05) is 6.07 Å². The van der Waals surface area contributed by atoms with Crippen molar-refractivity contribution in [1.82, 2.24) is 9.55 Å². The van der Waals surface area contributed by atoms with Crippen molar-refractivity contribution in [2.45, 2.75) is 32.1 Å². The third kappa shape index (κ3) is 3.17. The van der Waals surface area contributed by atoms with Crippen molar-refractivity contribution < 1.29 is 19.2 Å². The summed E-state index contributed by atoms with van der Waals surface area (Å²) in [4.78, 5) is 42.6. The van der Waals surface area contributed by atoms with Crippen molar-refractivity contribution in [3.8, 4) is 17.1 Å². The molecule has 4 heterocycles. The number of nitro benzene ring substituents is 1. The van der Waals surface area contributed by atoms with Crippen LogP contribution in [0.15, 0.2) is 63.9 Å². The second-order valence-corrected chi connectivity index (χ2v) is 9.64. The number of hydrogen-bond acceptors (Lipinski definition) is 7. The average molecular weight is 548 g/mol. The van der Waals surface area contributed by atoms with E-state index in [-0.39, 0.29) is 30.8 Å². The van der Waals surface area contributed by atoms with Gasteiger partial charge in [0.05, 0.1) is 39.3 Å². The molecule has 2 aliphatic rings. The van der Waals surface area contributed by atoms with Gasteiger partial charge in [-0.1, -0.05) is 35.0 Å². The normalized spacial score (nSPS) is 17.8. The summed E-state index contributed by atoms with van der Waals surface area (Å²) in [7, 11) is 0. The number of non-ortho nitro benzene ring substituents is 1. The van der Waals surface area contributed by atoms with Crippen LogP contribution < -0.4 is 10.3 Å². The van der Waals surface area contributed by atoms with E-state index >= 15 is 0 Å². The van der Waals surface area contributed by atoms with Crippen LogP contribution in [0, 0.1) is 10.1 Å². The van der Waals surface area contributed by atoms with Crippen LogP contribution in [0.1, 0.15) is 30.0 Å². The van der Waals surface area contributed by atoms with Gasteiger partial charge in [-0.2, -0.15) is 0 Å². The van der Waals surface area contributed by atoms with Crippen molar-refractivity contribution in [2.24, 2.45) is 0 Å². The molecule has 4 aromatic rings. The van der Waals surface area contributed by atoms with Crippen LogP contribution in [0.5, 0.6) is 5.75 Å². The summed E-state index contributed by atoms with van der Waals surface area (Å²) in [6.45, 7) is 1.86. The number of fused-ring (bicyclic) bond motifs is 5. The van der Waals surface area contributed by atoms with E-state index in [2.05, 4.69) is 15.9 Å². The molecular weight excluding hydrogens is 530 g/mol. The number of hydrogen-bond donors (Lipinski definition) is 0. The van der Waals surface area contributed by atoms with Crippen molar-refractivity contribution in [3.05, 3.63) is 96.2 Å². The molecule has 0 unspecified atom stereocenters. The smallest absolute Gasteiger partial charge is 0.355 e. The van der Waals surface area contributed by atoms with Crippen LogP contribution in [0.3, 0.4) is 0 Å². The van der Waals surface area contributed by atoms with E-state index in [4.69, 9.17) is 14.5 Å². The molecule has 10 heteroatoms. The minimum Gasteiger partial charge on any atom is -0.471 e. The van der Waals surface area contributed by atoms with Crippen molar-refractivity contribution in [1.29, 1.82) is 0 Å². The molecule has 2 aromatic heterocycles. The second kappa shape index (κ2) is 7.99. The van der Waals surface area contributed by atoms with Gasteiger partial charge in [-0.3, -0.25) is 14.9 Å². The molecule has 2 aromatic carbocycles. The Kier molecular flexibility index (Phi) is 4.97. The third-order valence-electron chi connectivity index (χ3n) is 6.78. The fourth-order valence-corrected chi connectivity index (χ4v) is 5.41. The molecule has 2 aliphatic heterocycles. The number of benzene rings is 2. The monoisotopic (exact) mass is 547 g/mol. The fourth-order valence-electron chi connectivity index (χ4n) is 5.04. The van der Waals surface area contributed by atoms with Gasteiger partial charge >= 0.3 is 5.97 Å². The highest BCUT2D eigenvalue weighted by Gasteiger charge is 2.49. The highest BCUT2D eigenvalue weighted by atomic mass is 79.9. The average Bonchev–Trinajstić information content (AvgIpc) is 3.22. The zero-order valence-electron chi connectivity index (χ0n) is 19.0. The first-order valence-electron chi connectivity index (χ1n) is 11.3. The molecular formula is C26H18BrN3O6. The van der Waals surface area contributed by atoms with Crippen molar-refractivity contribution in [3.63, 3.8) is 0 Å². The first kappa shape index (κ1) is 22.4. The summed E-state index contributed by atoms with van der Waals surface area (Å²) in [6.07, 6.45) is 0.235. The quantitative estimate of drug-likeness (QED) is 0.180. The van der Waals surface area contributed by atoms with Gasteiger partial charge in [-0.05, 0) is 42.8 Å². The number of pyridine rings is 2. The number of esters is 1. The predicted molar refractivity (Wildman–Crippen MR) is 134 cm³/mol. The number of cyclic esters (lactones) is 1. The zero-order valence-corrected chi connectivity index (χ0v) is 20.6. The third-order valence-corrected chi connectivity index (χ3v) is 7.27. The van der Waals surface area contributed by atoms with E-state index in [9.17, 15) is 19.7 Å². The summed E-state index contributed by atoms with van der Waals surface area (Å²) in [5.74, 6) is -0.115. The summed E-state index contributed by atoms with van der Waals surface area (Å²) < 4.78 is 14.1. The van der Waals surface area contributed by atoms with Gasteiger partial charge in [-0.25, -0.2) is 9.78 Å². The largest absolute Gasteiger partial charge is 0.471 e. The zero-order chi connectivity index (χ0) is 25.2. The Bertz CT molecular complexity index is 1680. The standard InChI is InChI=1S/C26H18BrN3O6/c1-2-26(36-16-6-3-5-15(27)10-16)19-11-22-23-14(12-29(22)24(31)18(19)13-35-25(26)32)9-17-20(28-23)7-4-8-21(17)30(33)34/h3-11H,2,12-13H2,1H3/t26-/m0/s1. The van der Waals surface area contributed by atoms with Crippen LogP contribution in [0.4, 0.5) is 5.69 Å². The maximum absolute atomic E-state index is 13.6. The predicted octanol–water partition coefficient (Wildman–Crippen LogP) is 4.84. The number of nitro groups is 1. The molecule has 0 radical (unpaired) electrons. The molecule has 0 saturated heterocycles. The molecule has 9 nitrogen and oxygen atoms in total. The van der Waals surface area contributed by atoms with E-state index in [0.717, 1.165) is 4.47 Å². The van der Waals surface area contributed by atoms with Crippen LogP contribution in [0.25, 0.3) is 22.3 Å². The molecule has 0 N–H and O–H groups in total. The van der Waals surface area contributed by atoms with E-state index in [0.29, 0.717) is 44.7 Å². The van der Waals surface area contributed by atoms with E-state index in [1.165, 1.54) is 6.07 Å². The molecule has 0 aliphatic carbocycles. The Morgan fingerprint density at radius 2 is 2.00 bits per heavy atom. The molecule has 0 amide bonds. The van der Waals surface area contributed by atoms with Gasteiger partial charge in [0.15, 0.2) is 0 Å². The lowest BCUT2D eigenvalue weighted by Gasteiger charge is -2.36. The van der Waals surface area contributed by atoms with Crippen LogP contribution in [0.2, 0.25) is 0 Å². The van der Waals surface area contributed by atoms with Crippen LogP contribution >= 0.6 is 15.9 Å². The number of ether oxygens (including phenoxy) is 2. The van der Waals surface area contributed by atoms with Gasteiger partial charge in [0.1, 0.15) is 12.4 Å². The number of carbonyl (C=O) groups is 1. The van der Waals surface area contributed by atoms with Crippen molar-refractivity contribution in [2.75, 3.05) is 0 Å². The molecule has 0 spiro atoms. The fraction of sp³-hybridized carbons (Fsp3) is 0.192. The lowest BCUT2D eigenvalue weighted by atomic mass is 9.85. The topological polar surface area (TPSA) is 114 Å². The van der Waals surface area contributed by atoms with Gasteiger partial charge < -0.3 is 14.0 Å². The lowest BCUT2D eigenvalue weighted by Crippen LogP contribution is -2.48. The first-order chi connectivity index (χ1) is 17.3. The van der Waals surface area contributed by atoms with Gasteiger partial charge in [0.2, 0.25) is 5.60 Å². The van der Waals surface area contributed by atoms with Crippen molar-refractivity contribution >= 4 is 38.5 Å². The molecule has 1 atom stereocenters. The number of rotatable bonds is 4. The Balaban J connectivity index is 1.57. The summed E-state index contributed by atoms with van der Waals surface area (Å²) in [5.41, 5.74) is 1.17. The Morgan fingerprint density at radius 3 is 2.75 bits per heavy atom. The number of nitrogens with zero attached hydrogens (tertiary/aromatic N) is 3. The van der Waals surface area contributed by atoms with Crippen LogP contribution in [-0.2, 0) is 28.3 Å². The molecule has 180 valence electrons. The van der Waals surface area contributed by atoms with Gasteiger partial charge in [0.25, 0.3) is 11.2 Å².